The molecule has 2 heteroatoms. The van der Waals surface area contributed by atoms with E-state index in [1.54, 1.807) is 0 Å². The zero-order valence-corrected chi connectivity index (χ0v) is 12.4. The van der Waals surface area contributed by atoms with Gasteiger partial charge in [-0.1, -0.05) is 38.3 Å². The summed E-state index contributed by atoms with van der Waals surface area (Å²) in [6.45, 7) is 4.37. The van der Waals surface area contributed by atoms with Crippen molar-refractivity contribution < 1.29 is 0 Å². The second-order valence-electron chi connectivity index (χ2n) is 5.54. The van der Waals surface area contributed by atoms with Crippen molar-refractivity contribution in [3.05, 3.63) is 29.8 Å². The lowest BCUT2D eigenvalue weighted by molar-refractivity contribution is 0.357. The van der Waals surface area contributed by atoms with E-state index in [0.717, 1.165) is 11.2 Å². The predicted molar refractivity (Wildman–Crippen MR) is 80.9 cm³/mol. The zero-order chi connectivity index (χ0) is 13.0. The molecule has 0 spiro atoms. The SMILES string of the molecule is CCC1CCCC(Sc2ccc(C(C)N)cc2)C1. The Morgan fingerprint density at radius 3 is 2.61 bits per heavy atom. The summed E-state index contributed by atoms with van der Waals surface area (Å²) in [6.07, 6.45) is 6.98. The van der Waals surface area contributed by atoms with Crippen LogP contribution < -0.4 is 5.73 Å². The van der Waals surface area contributed by atoms with Crippen LogP contribution in [0.5, 0.6) is 0 Å². The van der Waals surface area contributed by atoms with Gasteiger partial charge in [-0.05, 0) is 43.4 Å². The van der Waals surface area contributed by atoms with Gasteiger partial charge >= 0.3 is 0 Å². The van der Waals surface area contributed by atoms with E-state index < -0.39 is 0 Å². The number of hydrogen-bond acceptors (Lipinski definition) is 2. The van der Waals surface area contributed by atoms with E-state index >= 15 is 0 Å². The number of thioether (sulfide) groups is 1. The van der Waals surface area contributed by atoms with E-state index in [0.29, 0.717) is 0 Å². The molecule has 0 aliphatic heterocycles. The molecular formula is C16H25NS. The van der Waals surface area contributed by atoms with Crippen LogP contribution in [0.1, 0.15) is 57.6 Å². The minimum atomic E-state index is 0.142. The first-order valence-electron chi connectivity index (χ1n) is 7.21. The van der Waals surface area contributed by atoms with Gasteiger partial charge < -0.3 is 5.73 Å². The Hall–Kier alpha value is -0.470. The van der Waals surface area contributed by atoms with E-state index in [9.17, 15) is 0 Å². The molecular weight excluding hydrogens is 238 g/mol. The van der Waals surface area contributed by atoms with Crippen LogP contribution in [0.15, 0.2) is 29.2 Å². The lowest BCUT2D eigenvalue weighted by Crippen LogP contribution is -2.16. The van der Waals surface area contributed by atoms with Gasteiger partial charge in [0.2, 0.25) is 0 Å². The minimum Gasteiger partial charge on any atom is -0.324 e. The Balaban J connectivity index is 1.92. The normalized spacial score (nSPS) is 25.9. The Kier molecular flexibility index (Phi) is 5.13. The number of rotatable bonds is 4. The van der Waals surface area contributed by atoms with Crippen LogP contribution in [0.4, 0.5) is 0 Å². The van der Waals surface area contributed by atoms with Crippen LogP contribution in [-0.2, 0) is 0 Å². The van der Waals surface area contributed by atoms with Crippen LogP contribution in [0.2, 0.25) is 0 Å². The third kappa shape index (κ3) is 3.76. The molecule has 2 N–H and O–H groups in total. The van der Waals surface area contributed by atoms with E-state index in [-0.39, 0.29) is 6.04 Å². The molecule has 1 aromatic carbocycles. The number of hydrogen-bond donors (Lipinski definition) is 1. The Labute approximate surface area is 116 Å². The third-order valence-electron chi connectivity index (χ3n) is 4.02. The summed E-state index contributed by atoms with van der Waals surface area (Å²) in [7, 11) is 0. The van der Waals surface area contributed by atoms with Crippen molar-refractivity contribution in [1.29, 1.82) is 0 Å². The monoisotopic (exact) mass is 263 g/mol. The molecule has 1 saturated carbocycles. The molecule has 1 nitrogen and oxygen atoms in total. The van der Waals surface area contributed by atoms with Crippen molar-refractivity contribution in [3.63, 3.8) is 0 Å². The average molecular weight is 263 g/mol. The van der Waals surface area contributed by atoms with Gasteiger partial charge in [0.1, 0.15) is 0 Å². The molecule has 18 heavy (non-hydrogen) atoms. The molecule has 1 aliphatic rings. The van der Waals surface area contributed by atoms with E-state index in [2.05, 4.69) is 43.0 Å². The molecule has 0 bridgehead atoms. The summed E-state index contributed by atoms with van der Waals surface area (Å²) < 4.78 is 0. The maximum Gasteiger partial charge on any atom is 0.0266 e. The van der Waals surface area contributed by atoms with E-state index in [1.807, 2.05) is 6.92 Å². The molecule has 0 amide bonds. The van der Waals surface area contributed by atoms with Crippen molar-refractivity contribution in [1.82, 2.24) is 0 Å². The molecule has 0 aromatic heterocycles. The van der Waals surface area contributed by atoms with Gasteiger partial charge in [-0.2, -0.15) is 0 Å². The maximum atomic E-state index is 5.88. The van der Waals surface area contributed by atoms with Crippen LogP contribution in [-0.4, -0.2) is 5.25 Å². The molecule has 2 rings (SSSR count). The van der Waals surface area contributed by atoms with Gasteiger partial charge in [0.15, 0.2) is 0 Å². The smallest absolute Gasteiger partial charge is 0.0266 e. The van der Waals surface area contributed by atoms with Crippen molar-refractivity contribution >= 4 is 11.8 Å². The first kappa shape index (κ1) is 14.0. The van der Waals surface area contributed by atoms with Gasteiger partial charge in [0.25, 0.3) is 0 Å². The molecule has 0 heterocycles. The molecule has 0 radical (unpaired) electrons. The van der Waals surface area contributed by atoms with Crippen LogP contribution >= 0.6 is 11.8 Å². The highest BCUT2D eigenvalue weighted by atomic mass is 32.2. The van der Waals surface area contributed by atoms with Crippen LogP contribution in [0.3, 0.4) is 0 Å². The predicted octanol–water partition coefficient (Wildman–Crippen LogP) is 4.77. The fraction of sp³-hybridized carbons (Fsp3) is 0.625. The summed E-state index contributed by atoms with van der Waals surface area (Å²) in [5, 5.41) is 0.824. The summed E-state index contributed by atoms with van der Waals surface area (Å²) in [4.78, 5) is 1.40. The topological polar surface area (TPSA) is 26.0 Å². The molecule has 3 unspecified atom stereocenters. The van der Waals surface area contributed by atoms with Crippen LogP contribution in [0.25, 0.3) is 0 Å². The standard InChI is InChI=1S/C16H25NS/c1-3-13-5-4-6-16(11-13)18-15-9-7-14(8-10-15)12(2)17/h7-10,12-13,16H,3-6,11,17H2,1-2H3. The second-order valence-corrected chi connectivity index (χ2v) is 6.91. The van der Waals surface area contributed by atoms with E-state index in [1.165, 1.54) is 42.6 Å². The zero-order valence-electron chi connectivity index (χ0n) is 11.6. The lowest BCUT2D eigenvalue weighted by Gasteiger charge is -2.28. The van der Waals surface area contributed by atoms with Gasteiger partial charge in [-0.25, -0.2) is 0 Å². The number of nitrogens with two attached hydrogens (primary N) is 1. The van der Waals surface area contributed by atoms with Gasteiger partial charge in [-0.3, -0.25) is 0 Å². The highest BCUT2D eigenvalue weighted by molar-refractivity contribution is 8.00. The summed E-state index contributed by atoms with van der Waals surface area (Å²) in [5.74, 6) is 0.958. The first-order valence-corrected chi connectivity index (χ1v) is 8.09. The maximum absolute atomic E-state index is 5.88. The van der Waals surface area contributed by atoms with Crippen molar-refractivity contribution in [2.75, 3.05) is 0 Å². The van der Waals surface area contributed by atoms with Crippen molar-refractivity contribution in [3.8, 4) is 0 Å². The quantitative estimate of drug-likeness (QED) is 0.847. The fourth-order valence-corrected chi connectivity index (χ4v) is 4.09. The summed E-state index contributed by atoms with van der Waals surface area (Å²) in [5.41, 5.74) is 7.11. The van der Waals surface area contributed by atoms with Gasteiger partial charge in [0, 0.05) is 16.2 Å². The van der Waals surface area contributed by atoms with Crippen molar-refractivity contribution in [2.24, 2.45) is 11.7 Å². The Bertz CT molecular complexity index is 358. The number of benzene rings is 1. The average Bonchev–Trinajstić information content (AvgIpc) is 2.39. The summed E-state index contributed by atoms with van der Waals surface area (Å²) >= 11 is 2.06. The van der Waals surface area contributed by atoms with Gasteiger partial charge in [-0.15, -0.1) is 11.8 Å². The third-order valence-corrected chi connectivity index (χ3v) is 5.33. The molecule has 3 atom stereocenters. The Morgan fingerprint density at radius 1 is 1.28 bits per heavy atom. The molecule has 100 valence electrons. The fourth-order valence-electron chi connectivity index (χ4n) is 2.76. The highest BCUT2D eigenvalue weighted by Crippen LogP contribution is 2.37. The van der Waals surface area contributed by atoms with Crippen molar-refractivity contribution in [2.45, 2.75) is 62.1 Å². The molecule has 1 fully saturated rings. The minimum absolute atomic E-state index is 0.142. The van der Waals surface area contributed by atoms with Crippen LogP contribution in [0, 0.1) is 5.92 Å². The summed E-state index contributed by atoms with van der Waals surface area (Å²) in [6, 6.07) is 8.96. The van der Waals surface area contributed by atoms with Gasteiger partial charge in [0.05, 0.1) is 0 Å². The second kappa shape index (κ2) is 6.63. The largest absolute Gasteiger partial charge is 0.324 e. The lowest BCUT2D eigenvalue weighted by atomic mass is 9.87. The molecule has 0 saturated heterocycles. The molecule has 1 aliphatic carbocycles. The Morgan fingerprint density at radius 2 is 2.00 bits per heavy atom. The van der Waals surface area contributed by atoms with E-state index in [4.69, 9.17) is 5.73 Å². The first-order chi connectivity index (χ1) is 8.69. The highest BCUT2D eigenvalue weighted by Gasteiger charge is 2.21. The molecule has 1 aromatic rings.